The highest BCUT2D eigenvalue weighted by Gasteiger charge is 2.21. The molecule has 0 spiro atoms. The lowest BCUT2D eigenvalue weighted by atomic mass is 10.1. The second-order valence-electron chi connectivity index (χ2n) is 8.57. The molecule has 2 heterocycles. The molecule has 1 N–H and O–H groups in total. The third kappa shape index (κ3) is 8.03. The summed E-state index contributed by atoms with van der Waals surface area (Å²) in [6, 6.07) is 14.6. The zero-order valence-electron chi connectivity index (χ0n) is 22.7. The number of nitrogens with one attached hydrogen (secondary N) is 1. The predicted molar refractivity (Wildman–Crippen MR) is 149 cm³/mol. The van der Waals surface area contributed by atoms with Crippen molar-refractivity contribution in [1.29, 1.82) is 0 Å². The monoisotopic (exact) mass is 480 g/mol. The Balaban J connectivity index is 0.00000103. The molecular formula is C29H44N4O2. The summed E-state index contributed by atoms with van der Waals surface area (Å²) in [5, 5.41) is 1.17. The number of hydrogen-bond acceptors (Lipinski definition) is 4. The molecule has 1 aliphatic heterocycles. The Labute approximate surface area is 211 Å². The highest BCUT2D eigenvalue weighted by Crippen LogP contribution is 2.24. The number of ether oxygens (including phenoxy) is 1. The summed E-state index contributed by atoms with van der Waals surface area (Å²) in [4.78, 5) is 22.4. The fourth-order valence-electron chi connectivity index (χ4n) is 4.00. The number of hydrogen-bond donors (Lipinski definition) is 1. The minimum absolute atomic E-state index is 0.0468. The lowest BCUT2D eigenvalue weighted by Crippen LogP contribution is -2.50. The van der Waals surface area contributed by atoms with Crippen LogP contribution in [0.4, 0.5) is 5.69 Å². The summed E-state index contributed by atoms with van der Waals surface area (Å²) in [5.74, 6) is 0.787. The molecule has 0 unspecified atom stereocenters. The van der Waals surface area contributed by atoms with Gasteiger partial charge in [-0.2, -0.15) is 0 Å². The minimum Gasteiger partial charge on any atom is -0.484 e. The summed E-state index contributed by atoms with van der Waals surface area (Å²) >= 11 is 0. The maximum Gasteiger partial charge on any atom is 0.260 e. The highest BCUT2D eigenvalue weighted by atomic mass is 16.5. The van der Waals surface area contributed by atoms with Crippen LogP contribution in [-0.4, -0.2) is 74.1 Å². The van der Waals surface area contributed by atoms with Crippen LogP contribution in [0.1, 0.15) is 38.8 Å². The number of aryl methyl sites for hydroxylation is 1. The van der Waals surface area contributed by atoms with Crippen molar-refractivity contribution >= 4 is 22.5 Å². The van der Waals surface area contributed by atoms with Crippen LogP contribution in [0.25, 0.3) is 10.9 Å². The van der Waals surface area contributed by atoms with Gasteiger partial charge in [0.15, 0.2) is 6.61 Å². The topological polar surface area (TPSA) is 51.8 Å². The molecule has 3 aromatic rings. The number of piperazine rings is 1. The standard InChI is InChI=1S/C25H32N4O2.2C2H6/c1-19-4-6-21(7-5-19)28-12-14-29(15-13-28)25(30)18-31-22-8-9-24-23(16-22)20(17-26-24)10-11-27(2)3;2*1-2/h4-9,16-17,26H,10-15,18H2,1-3H3;2*1-2H3. The van der Waals surface area contributed by atoms with Gasteiger partial charge in [-0.05, 0) is 63.3 Å². The molecule has 0 aliphatic carbocycles. The molecule has 0 bridgehead atoms. The van der Waals surface area contributed by atoms with E-state index in [-0.39, 0.29) is 12.5 Å². The van der Waals surface area contributed by atoms with Crippen LogP contribution in [0.2, 0.25) is 0 Å². The number of likely N-dealkylation sites (N-methyl/N-ethyl adjacent to an activating group) is 1. The first-order chi connectivity index (χ1) is 17.0. The van der Waals surface area contributed by atoms with Crippen molar-refractivity contribution in [2.24, 2.45) is 0 Å². The predicted octanol–water partition coefficient (Wildman–Crippen LogP) is 5.36. The third-order valence-corrected chi connectivity index (χ3v) is 5.96. The van der Waals surface area contributed by atoms with E-state index in [2.05, 4.69) is 66.3 Å². The number of rotatable bonds is 7. The second-order valence-corrected chi connectivity index (χ2v) is 8.57. The normalized spacial score (nSPS) is 13.1. The summed E-state index contributed by atoms with van der Waals surface area (Å²) in [6.45, 7) is 14.3. The zero-order valence-corrected chi connectivity index (χ0v) is 22.7. The molecule has 1 amide bonds. The average Bonchev–Trinajstić information content (AvgIpc) is 3.31. The van der Waals surface area contributed by atoms with Crippen molar-refractivity contribution in [3.05, 3.63) is 59.8 Å². The van der Waals surface area contributed by atoms with E-state index in [9.17, 15) is 4.79 Å². The lowest BCUT2D eigenvalue weighted by Gasteiger charge is -2.36. The molecular weight excluding hydrogens is 436 g/mol. The molecule has 2 aromatic carbocycles. The maximum absolute atomic E-state index is 12.7. The van der Waals surface area contributed by atoms with Crippen LogP contribution in [0, 0.1) is 6.92 Å². The SMILES string of the molecule is CC.CC.Cc1ccc(N2CCN(C(=O)COc3ccc4[nH]cc(CCN(C)C)c4c3)CC2)cc1. The molecule has 1 aliphatic rings. The van der Waals surface area contributed by atoms with E-state index in [1.807, 2.05) is 50.8 Å². The van der Waals surface area contributed by atoms with Gasteiger partial charge in [0.1, 0.15) is 5.75 Å². The van der Waals surface area contributed by atoms with E-state index in [1.54, 1.807) is 0 Å². The van der Waals surface area contributed by atoms with Crippen LogP contribution in [0.5, 0.6) is 5.75 Å². The molecule has 0 atom stereocenters. The number of H-pyrrole nitrogens is 1. The molecule has 0 saturated carbocycles. The van der Waals surface area contributed by atoms with Crippen molar-refractivity contribution in [2.45, 2.75) is 41.0 Å². The molecule has 0 radical (unpaired) electrons. The Morgan fingerprint density at radius 2 is 1.63 bits per heavy atom. The zero-order chi connectivity index (χ0) is 25.8. The number of amides is 1. The molecule has 4 rings (SSSR count). The number of carbonyl (C=O) groups excluding carboxylic acids is 1. The van der Waals surface area contributed by atoms with Crippen molar-refractivity contribution in [3.8, 4) is 5.75 Å². The molecule has 6 heteroatoms. The van der Waals surface area contributed by atoms with E-state index in [4.69, 9.17) is 4.74 Å². The maximum atomic E-state index is 12.7. The minimum atomic E-state index is 0.0468. The van der Waals surface area contributed by atoms with Gasteiger partial charge in [0.05, 0.1) is 0 Å². The summed E-state index contributed by atoms with van der Waals surface area (Å²) in [7, 11) is 4.16. The van der Waals surface area contributed by atoms with Gasteiger partial charge in [-0.3, -0.25) is 4.79 Å². The Bertz CT molecular complexity index is 1020. The Morgan fingerprint density at radius 1 is 0.971 bits per heavy atom. The second kappa shape index (κ2) is 14.4. The number of anilines is 1. The van der Waals surface area contributed by atoms with Gasteiger partial charge < -0.3 is 24.4 Å². The highest BCUT2D eigenvalue weighted by molar-refractivity contribution is 5.85. The molecule has 1 saturated heterocycles. The molecule has 1 fully saturated rings. The fourth-order valence-corrected chi connectivity index (χ4v) is 4.00. The fraction of sp³-hybridized carbons (Fsp3) is 0.483. The van der Waals surface area contributed by atoms with E-state index >= 15 is 0 Å². The van der Waals surface area contributed by atoms with Crippen LogP contribution in [-0.2, 0) is 11.2 Å². The van der Waals surface area contributed by atoms with Crippen LogP contribution < -0.4 is 9.64 Å². The first-order valence-corrected chi connectivity index (χ1v) is 13.0. The van der Waals surface area contributed by atoms with E-state index in [0.717, 1.165) is 50.4 Å². The smallest absolute Gasteiger partial charge is 0.260 e. The summed E-state index contributed by atoms with van der Waals surface area (Å²) in [6.07, 6.45) is 3.04. The molecule has 35 heavy (non-hydrogen) atoms. The van der Waals surface area contributed by atoms with E-state index in [1.165, 1.54) is 22.2 Å². The van der Waals surface area contributed by atoms with Gasteiger partial charge in [0, 0.05) is 55.5 Å². The molecule has 192 valence electrons. The van der Waals surface area contributed by atoms with Crippen LogP contribution in [0.15, 0.2) is 48.7 Å². The average molecular weight is 481 g/mol. The third-order valence-electron chi connectivity index (χ3n) is 5.96. The largest absolute Gasteiger partial charge is 0.484 e. The number of benzene rings is 2. The first-order valence-electron chi connectivity index (χ1n) is 13.0. The molecule has 6 nitrogen and oxygen atoms in total. The number of fused-ring (bicyclic) bond motifs is 1. The summed E-state index contributed by atoms with van der Waals surface area (Å²) in [5.41, 5.74) is 4.85. The van der Waals surface area contributed by atoms with Gasteiger partial charge in [0.2, 0.25) is 0 Å². The van der Waals surface area contributed by atoms with Gasteiger partial charge in [-0.15, -0.1) is 0 Å². The molecule has 1 aromatic heterocycles. The number of aromatic amines is 1. The van der Waals surface area contributed by atoms with Gasteiger partial charge in [-0.1, -0.05) is 45.4 Å². The van der Waals surface area contributed by atoms with Gasteiger partial charge in [0.25, 0.3) is 5.91 Å². The van der Waals surface area contributed by atoms with Crippen molar-refractivity contribution in [1.82, 2.24) is 14.8 Å². The van der Waals surface area contributed by atoms with Crippen molar-refractivity contribution in [3.63, 3.8) is 0 Å². The van der Waals surface area contributed by atoms with Gasteiger partial charge >= 0.3 is 0 Å². The Kier molecular flexibility index (Phi) is 11.6. The summed E-state index contributed by atoms with van der Waals surface area (Å²) < 4.78 is 5.87. The van der Waals surface area contributed by atoms with E-state index < -0.39 is 0 Å². The lowest BCUT2D eigenvalue weighted by molar-refractivity contribution is -0.133. The Hall–Kier alpha value is -2.99. The number of aromatic nitrogens is 1. The Morgan fingerprint density at radius 3 is 2.26 bits per heavy atom. The van der Waals surface area contributed by atoms with E-state index in [0.29, 0.717) is 0 Å². The quantitative estimate of drug-likeness (QED) is 0.495. The number of carbonyl (C=O) groups is 1. The van der Waals surface area contributed by atoms with Crippen LogP contribution >= 0.6 is 0 Å². The van der Waals surface area contributed by atoms with Gasteiger partial charge in [-0.25, -0.2) is 0 Å². The van der Waals surface area contributed by atoms with Crippen molar-refractivity contribution < 1.29 is 9.53 Å². The van der Waals surface area contributed by atoms with Crippen LogP contribution in [0.3, 0.4) is 0 Å². The first kappa shape index (κ1) is 28.2. The van der Waals surface area contributed by atoms with Crippen molar-refractivity contribution in [2.75, 3.05) is 58.3 Å². The number of nitrogens with zero attached hydrogens (tertiary/aromatic N) is 3.